The van der Waals surface area contributed by atoms with Gasteiger partial charge in [-0.25, -0.2) is 0 Å². The summed E-state index contributed by atoms with van der Waals surface area (Å²) in [6.07, 6.45) is 0.815. The van der Waals surface area contributed by atoms with Crippen LogP contribution in [0.4, 0.5) is 0 Å². The minimum absolute atomic E-state index is 0.104. The molecule has 0 aliphatic heterocycles. The number of carboxylic acid groups (broad SMARTS) is 1. The van der Waals surface area contributed by atoms with Gasteiger partial charge in [0, 0.05) is 17.2 Å². The van der Waals surface area contributed by atoms with Crippen molar-refractivity contribution in [1.82, 2.24) is 5.32 Å². The number of rotatable bonds is 7. The Labute approximate surface area is 109 Å². The van der Waals surface area contributed by atoms with E-state index in [0.29, 0.717) is 18.7 Å². The fourth-order valence-corrected chi connectivity index (χ4v) is 2.29. The lowest BCUT2D eigenvalue weighted by Gasteiger charge is -2.15. The predicted molar refractivity (Wildman–Crippen MR) is 67.4 cm³/mol. The van der Waals surface area contributed by atoms with E-state index in [1.165, 1.54) is 11.3 Å². The highest BCUT2D eigenvalue weighted by Crippen LogP contribution is 2.22. The van der Waals surface area contributed by atoms with Crippen molar-refractivity contribution in [2.75, 3.05) is 5.88 Å². The summed E-state index contributed by atoms with van der Waals surface area (Å²) in [4.78, 5) is 23.1. The summed E-state index contributed by atoms with van der Waals surface area (Å²) in [6, 6.07) is 3.20. The zero-order valence-corrected chi connectivity index (χ0v) is 10.8. The number of alkyl halides is 1. The molecule has 1 amide bonds. The van der Waals surface area contributed by atoms with Crippen molar-refractivity contribution in [2.45, 2.75) is 25.3 Å². The molecule has 1 aromatic rings. The molecule has 1 unspecified atom stereocenters. The first-order valence-corrected chi connectivity index (χ1v) is 6.65. The van der Waals surface area contributed by atoms with Gasteiger partial charge in [-0.3, -0.25) is 9.59 Å². The number of carbonyl (C=O) groups excluding carboxylic acids is 1. The maximum absolute atomic E-state index is 11.5. The van der Waals surface area contributed by atoms with Crippen LogP contribution in [-0.2, 0) is 9.59 Å². The van der Waals surface area contributed by atoms with Crippen LogP contribution >= 0.6 is 22.9 Å². The third-order valence-electron chi connectivity index (χ3n) is 2.14. The van der Waals surface area contributed by atoms with E-state index < -0.39 is 12.0 Å². The molecule has 17 heavy (non-hydrogen) atoms. The molecule has 0 fully saturated rings. The quantitative estimate of drug-likeness (QED) is 0.751. The summed E-state index contributed by atoms with van der Waals surface area (Å²) < 4.78 is 0. The molecule has 1 aromatic heterocycles. The zero-order valence-electron chi connectivity index (χ0n) is 9.19. The van der Waals surface area contributed by atoms with Gasteiger partial charge in [-0.15, -0.1) is 22.9 Å². The SMILES string of the molecule is O=C(O)CC(NC(=O)CCCCl)c1cccs1. The highest BCUT2D eigenvalue weighted by molar-refractivity contribution is 7.10. The molecule has 94 valence electrons. The highest BCUT2D eigenvalue weighted by atomic mass is 35.5. The Kier molecular flexibility index (Phi) is 6.00. The number of aliphatic carboxylic acids is 1. The van der Waals surface area contributed by atoms with E-state index in [9.17, 15) is 9.59 Å². The summed E-state index contributed by atoms with van der Waals surface area (Å²) in [5.41, 5.74) is 0. The molecule has 0 saturated carbocycles. The topological polar surface area (TPSA) is 66.4 Å². The van der Waals surface area contributed by atoms with Crippen LogP contribution in [0.3, 0.4) is 0 Å². The largest absolute Gasteiger partial charge is 0.481 e. The fourth-order valence-electron chi connectivity index (χ4n) is 1.38. The van der Waals surface area contributed by atoms with Gasteiger partial charge in [0.25, 0.3) is 0 Å². The number of carbonyl (C=O) groups is 2. The van der Waals surface area contributed by atoms with Crippen LogP contribution in [0.25, 0.3) is 0 Å². The van der Waals surface area contributed by atoms with Crippen molar-refractivity contribution < 1.29 is 14.7 Å². The highest BCUT2D eigenvalue weighted by Gasteiger charge is 2.18. The van der Waals surface area contributed by atoms with Gasteiger partial charge in [-0.1, -0.05) is 6.07 Å². The van der Waals surface area contributed by atoms with E-state index in [-0.39, 0.29) is 12.3 Å². The Hall–Kier alpha value is -1.07. The number of hydrogen-bond donors (Lipinski definition) is 2. The lowest BCUT2D eigenvalue weighted by Crippen LogP contribution is -2.29. The van der Waals surface area contributed by atoms with Crippen molar-refractivity contribution in [3.8, 4) is 0 Å². The number of nitrogens with one attached hydrogen (secondary N) is 1. The smallest absolute Gasteiger partial charge is 0.305 e. The van der Waals surface area contributed by atoms with Crippen LogP contribution in [0.1, 0.15) is 30.2 Å². The van der Waals surface area contributed by atoms with Gasteiger partial charge < -0.3 is 10.4 Å². The number of halogens is 1. The second-order valence-corrected chi connectivity index (χ2v) is 4.88. The van der Waals surface area contributed by atoms with Gasteiger partial charge in [0.1, 0.15) is 0 Å². The van der Waals surface area contributed by atoms with Crippen molar-refractivity contribution in [3.05, 3.63) is 22.4 Å². The molecule has 2 N–H and O–H groups in total. The lowest BCUT2D eigenvalue weighted by atomic mass is 10.1. The normalized spacial score (nSPS) is 12.1. The molecule has 6 heteroatoms. The van der Waals surface area contributed by atoms with E-state index in [4.69, 9.17) is 16.7 Å². The third-order valence-corrected chi connectivity index (χ3v) is 3.39. The Morgan fingerprint density at radius 3 is 2.82 bits per heavy atom. The number of amides is 1. The summed E-state index contributed by atoms with van der Waals surface area (Å²) in [5, 5.41) is 13.4. The molecular formula is C11H14ClNO3S. The second-order valence-electron chi connectivity index (χ2n) is 3.53. The van der Waals surface area contributed by atoms with Crippen molar-refractivity contribution in [2.24, 2.45) is 0 Å². The van der Waals surface area contributed by atoms with E-state index in [2.05, 4.69) is 5.32 Å². The van der Waals surface area contributed by atoms with E-state index in [0.717, 1.165) is 4.88 Å². The van der Waals surface area contributed by atoms with E-state index in [1.54, 1.807) is 0 Å². The van der Waals surface area contributed by atoms with Gasteiger partial charge in [0.05, 0.1) is 12.5 Å². The summed E-state index contributed by atoms with van der Waals surface area (Å²) in [7, 11) is 0. The molecule has 0 spiro atoms. The van der Waals surface area contributed by atoms with Crippen LogP contribution in [0.15, 0.2) is 17.5 Å². The molecule has 0 aromatic carbocycles. The van der Waals surface area contributed by atoms with Crippen molar-refractivity contribution in [3.63, 3.8) is 0 Å². The van der Waals surface area contributed by atoms with Gasteiger partial charge in [-0.05, 0) is 17.9 Å². The van der Waals surface area contributed by atoms with Crippen LogP contribution in [0, 0.1) is 0 Å². The monoisotopic (exact) mass is 275 g/mol. The van der Waals surface area contributed by atoms with E-state index >= 15 is 0 Å². The first-order chi connectivity index (χ1) is 8.13. The first-order valence-electron chi connectivity index (χ1n) is 5.24. The minimum Gasteiger partial charge on any atom is -0.481 e. The van der Waals surface area contributed by atoms with Gasteiger partial charge in [0.15, 0.2) is 0 Å². The third kappa shape index (κ3) is 5.19. The predicted octanol–water partition coefficient (Wildman–Crippen LogP) is 2.40. The number of hydrogen-bond acceptors (Lipinski definition) is 3. The molecule has 4 nitrogen and oxygen atoms in total. The number of thiophene rings is 1. The van der Waals surface area contributed by atoms with E-state index in [1.807, 2.05) is 17.5 Å². The molecule has 0 saturated heterocycles. The molecule has 1 atom stereocenters. The molecule has 0 aliphatic rings. The van der Waals surface area contributed by atoms with Crippen LogP contribution in [0.2, 0.25) is 0 Å². The fraction of sp³-hybridized carbons (Fsp3) is 0.455. The van der Waals surface area contributed by atoms with Crippen LogP contribution in [-0.4, -0.2) is 22.9 Å². The van der Waals surface area contributed by atoms with Crippen molar-refractivity contribution >= 4 is 34.8 Å². The van der Waals surface area contributed by atoms with Crippen LogP contribution < -0.4 is 5.32 Å². The van der Waals surface area contributed by atoms with Gasteiger partial charge in [0.2, 0.25) is 5.91 Å². The summed E-state index contributed by atoms with van der Waals surface area (Å²) in [6.45, 7) is 0. The molecule has 0 radical (unpaired) electrons. The summed E-state index contributed by atoms with van der Waals surface area (Å²) in [5.74, 6) is -0.665. The van der Waals surface area contributed by atoms with Crippen LogP contribution in [0.5, 0.6) is 0 Å². The molecule has 1 rings (SSSR count). The number of carboxylic acids is 1. The zero-order chi connectivity index (χ0) is 12.7. The molecule has 1 heterocycles. The van der Waals surface area contributed by atoms with Gasteiger partial charge in [-0.2, -0.15) is 0 Å². The molecular weight excluding hydrogens is 262 g/mol. The maximum atomic E-state index is 11.5. The molecule has 0 bridgehead atoms. The van der Waals surface area contributed by atoms with Gasteiger partial charge >= 0.3 is 5.97 Å². The summed E-state index contributed by atoms with van der Waals surface area (Å²) >= 11 is 6.93. The Balaban J connectivity index is 2.58. The first kappa shape index (κ1) is 14.0. The minimum atomic E-state index is -0.930. The Morgan fingerprint density at radius 1 is 1.53 bits per heavy atom. The van der Waals surface area contributed by atoms with Crippen molar-refractivity contribution in [1.29, 1.82) is 0 Å². The second kappa shape index (κ2) is 7.29. The Morgan fingerprint density at radius 2 is 2.29 bits per heavy atom. The average molecular weight is 276 g/mol. The lowest BCUT2D eigenvalue weighted by molar-refractivity contribution is -0.137. The Bertz CT molecular complexity index is 367. The average Bonchev–Trinajstić information content (AvgIpc) is 2.78. The molecule has 0 aliphatic carbocycles. The maximum Gasteiger partial charge on any atom is 0.305 e. The standard InChI is InChI=1S/C11H14ClNO3S/c12-5-1-4-10(14)13-8(7-11(15)16)9-3-2-6-17-9/h2-3,6,8H,1,4-5,7H2,(H,13,14)(H,15,16).